The highest BCUT2D eigenvalue weighted by molar-refractivity contribution is 7.27. The Morgan fingerprint density at radius 3 is 1.93 bits per heavy atom. The van der Waals surface area contributed by atoms with Gasteiger partial charge in [0.05, 0.1) is 26.9 Å². The number of hydrogen-bond donors (Lipinski definition) is 1. The first-order valence-electron chi connectivity index (χ1n) is 20.2. The molecule has 3 aromatic heterocycles. The van der Waals surface area contributed by atoms with E-state index in [-0.39, 0.29) is 6.17 Å². The Kier molecular flexibility index (Phi) is 8.03. The Morgan fingerprint density at radius 2 is 1.13 bits per heavy atom. The third kappa shape index (κ3) is 5.64. The molecule has 1 aliphatic heterocycles. The molecule has 4 heterocycles. The number of rotatable bonds is 6. The van der Waals surface area contributed by atoms with Gasteiger partial charge in [-0.3, -0.25) is 0 Å². The van der Waals surface area contributed by atoms with Gasteiger partial charge in [0.2, 0.25) is 0 Å². The highest BCUT2D eigenvalue weighted by Crippen LogP contribution is 2.48. The van der Waals surface area contributed by atoms with Gasteiger partial charge in [-0.25, -0.2) is 15.0 Å². The van der Waals surface area contributed by atoms with Crippen molar-refractivity contribution in [3.63, 3.8) is 0 Å². The molecular weight excluding hydrogens is 751 g/mol. The molecule has 0 bridgehead atoms. The lowest BCUT2D eigenvalue weighted by Gasteiger charge is -2.23. The van der Waals surface area contributed by atoms with E-state index >= 15 is 0 Å². The third-order valence-corrected chi connectivity index (χ3v) is 12.9. The van der Waals surface area contributed by atoms with Crippen LogP contribution in [0.5, 0.6) is 0 Å². The molecule has 1 atom stereocenters. The molecule has 8 aromatic carbocycles. The van der Waals surface area contributed by atoms with Gasteiger partial charge in [-0.15, -0.1) is 11.3 Å². The van der Waals surface area contributed by atoms with Crippen molar-refractivity contribution in [1.29, 1.82) is 0 Å². The fourth-order valence-corrected chi connectivity index (χ4v) is 10.1. The zero-order valence-corrected chi connectivity index (χ0v) is 33.1. The number of nitrogens with one attached hydrogen (secondary N) is 1. The fourth-order valence-electron chi connectivity index (χ4n) is 8.79. The highest BCUT2D eigenvalue weighted by Gasteiger charge is 2.24. The molecule has 282 valence electrons. The van der Waals surface area contributed by atoms with Crippen LogP contribution in [0.2, 0.25) is 0 Å². The Morgan fingerprint density at radius 1 is 0.500 bits per heavy atom. The summed E-state index contributed by atoms with van der Waals surface area (Å²) in [5.74, 6) is 1.52. The molecule has 0 radical (unpaired) electrons. The van der Waals surface area contributed by atoms with Gasteiger partial charge < -0.3 is 9.88 Å². The van der Waals surface area contributed by atoms with E-state index in [1.807, 2.05) is 47.7 Å². The number of fused-ring (bicyclic) bond motifs is 8. The zero-order chi connectivity index (χ0) is 39.6. The number of hydrogen-bond acceptors (Lipinski definition) is 5. The molecule has 1 aliphatic rings. The number of aromatic nitrogens is 2. The maximum Gasteiger partial charge on any atom is 0.159 e. The Bertz CT molecular complexity index is 3490. The third-order valence-electron chi connectivity index (χ3n) is 11.7. The van der Waals surface area contributed by atoms with Crippen molar-refractivity contribution in [3.8, 4) is 28.1 Å². The van der Waals surface area contributed by atoms with Gasteiger partial charge in [0.25, 0.3) is 0 Å². The number of para-hydroxylation sites is 2. The number of pyridine rings is 1. The summed E-state index contributed by atoms with van der Waals surface area (Å²) < 4.78 is 4.98. The van der Waals surface area contributed by atoms with Crippen LogP contribution in [0.1, 0.15) is 22.9 Å². The van der Waals surface area contributed by atoms with E-state index in [0.29, 0.717) is 5.84 Å². The molecule has 0 saturated carbocycles. The van der Waals surface area contributed by atoms with Crippen LogP contribution < -0.4 is 5.32 Å². The van der Waals surface area contributed by atoms with Crippen molar-refractivity contribution in [2.75, 3.05) is 0 Å². The average Bonchev–Trinajstić information content (AvgIpc) is 3.87. The van der Waals surface area contributed by atoms with E-state index in [9.17, 15) is 0 Å². The molecule has 60 heavy (non-hydrogen) atoms. The van der Waals surface area contributed by atoms with E-state index < -0.39 is 0 Å². The van der Waals surface area contributed by atoms with Crippen molar-refractivity contribution in [2.45, 2.75) is 6.17 Å². The van der Waals surface area contributed by atoms with Gasteiger partial charge in [0.1, 0.15) is 12.0 Å². The van der Waals surface area contributed by atoms with Crippen molar-refractivity contribution in [1.82, 2.24) is 14.9 Å². The minimum absolute atomic E-state index is 0.240. The topological polar surface area (TPSA) is 54.6 Å². The lowest BCUT2D eigenvalue weighted by molar-refractivity contribution is 0.674. The molecule has 1 N–H and O–H groups in total. The molecule has 12 rings (SSSR count). The molecule has 0 fully saturated rings. The van der Waals surface area contributed by atoms with Crippen LogP contribution in [-0.2, 0) is 0 Å². The summed E-state index contributed by atoms with van der Waals surface area (Å²) in [5.41, 5.74) is 12.0. The smallest absolute Gasteiger partial charge is 0.159 e. The Hall–Kier alpha value is -7.67. The summed E-state index contributed by atoms with van der Waals surface area (Å²) in [7, 11) is 0. The molecule has 0 aliphatic carbocycles. The molecule has 0 saturated heterocycles. The standard InChI is InChI=1S/C54H35N5S/c1-3-15-37(16-4-1)52-56-53(38-17-5-2-6-18-38)58-54(57-52)39-28-26-34(27-29-39)35-30-32-40(33-31-35)59-46-25-12-10-22-44(46)51-49(59)47-48(42-23-13-19-36-14-7-8-20-41(36)42)55-45-24-11-9-21-43(45)50(47)60-51/h1-33,52H,(H,56,57,58). The first-order chi connectivity index (χ1) is 29.7. The first kappa shape index (κ1) is 34.4. The second-order valence-corrected chi connectivity index (χ2v) is 16.2. The molecule has 11 aromatic rings. The summed E-state index contributed by atoms with van der Waals surface area (Å²) in [5, 5.41) is 9.58. The predicted molar refractivity (Wildman–Crippen MR) is 252 cm³/mol. The van der Waals surface area contributed by atoms with Crippen LogP contribution in [0.4, 0.5) is 0 Å². The van der Waals surface area contributed by atoms with Crippen LogP contribution in [-0.4, -0.2) is 21.2 Å². The van der Waals surface area contributed by atoms with Crippen molar-refractivity contribution in [2.24, 2.45) is 9.98 Å². The lowest BCUT2D eigenvalue weighted by Crippen LogP contribution is -2.33. The predicted octanol–water partition coefficient (Wildman–Crippen LogP) is 13.5. The first-order valence-corrected chi connectivity index (χ1v) is 21.0. The molecule has 0 spiro atoms. The van der Waals surface area contributed by atoms with Crippen molar-refractivity contribution >= 4 is 75.9 Å². The van der Waals surface area contributed by atoms with Gasteiger partial charge in [-0.1, -0.05) is 176 Å². The Balaban J connectivity index is 0.972. The monoisotopic (exact) mass is 785 g/mol. The quantitative estimate of drug-likeness (QED) is 0.183. The highest BCUT2D eigenvalue weighted by atomic mass is 32.1. The summed E-state index contributed by atoms with van der Waals surface area (Å²) in [6, 6.07) is 70.7. The van der Waals surface area contributed by atoms with E-state index in [1.165, 1.54) is 47.4 Å². The number of aliphatic imine (C=N–C) groups is 2. The van der Waals surface area contributed by atoms with Crippen LogP contribution in [0.3, 0.4) is 0 Å². The summed E-state index contributed by atoms with van der Waals surface area (Å²) in [4.78, 5) is 15.5. The second kappa shape index (κ2) is 14.0. The van der Waals surface area contributed by atoms with Crippen LogP contribution >= 0.6 is 11.3 Å². The van der Waals surface area contributed by atoms with E-state index in [4.69, 9.17) is 15.0 Å². The van der Waals surface area contributed by atoms with Crippen LogP contribution in [0.15, 0.2) is 210 Å². The molecular formula is C54H35N5S. The van der Waals surface area contributed by atoms with Gasteiger partial charge in [0, 0.05) is 43.2 Å². The van der Waals surface area contributed by atoms with E-state index in [2.05, 4.69) is 174 Å². The maximum absolute atomic E-state index is 5.46. The van der Waals surface area contributed by atoms with Crippen LogP contribution in [0, 0.1) is 0 Å². The van der Waals surface area contributed by atoms with Gasteiger partial charge in [-0.05, 0) is 51.7 Å². The lowest BCUT2D eigenvalue weighted by atomic mass is 9.98. The molecule has 1 unspecified atom stereocenters. The largest absolute Gasteiger partial charge is 0.344 e. The summed E-state index contributed by atoms with van der Waals surface area (Å²) in [6.45, 7) is 0. The molecule has 6 heteroatoms. The number of amidine groups is 2. The van der Waals surface area contributed by atoms with Crippen LogP contribution in [0.25, 0.3) is 81.0 Å². The second-order valence-electron chi connectivity index (χ2n) is 15.2. The van der Waals surface area contributed by atoms with Gasteiger partial charge in [0.15, 0.2) is 5.84 Å². The van der Waals surface area contributed by atoms with Gasteiger partial charge in [-0.2, -0.15) is 0 Å². The average molecular weight is 786 g/mol. The minimum Gasteiger partial charge on any atom is -0.344 e. The Labute approximate surface area is 350 Å². The van der Waals surface area contributed by atoms with E-state index in [1.54, 1.807) is 0 Å². The fraction of sp³-hybridized carbons (Fsp3) is 0.0185. The summed E-state index contributed by atoms with van der Waals surface area (Å²) >= 11 is 1.88. The normalized spacial score (nSPS) is 14.2. The van der Waals surface area contributed by atoms with Crippen molar-refractivity contribution < 1.29 is 0 Å². The van der Waals surface area contributed by atoms with Crippen molar-refractivity contribution in [3.05, 3.63) is 217 Å². The number of benzene rings is 8. The minimum atomic E-state index is -0.240. The summed E-state index contributed by atoms with van der Waals surface area (Å²) in [6.07, 6.45) is -0.240. The number of thiophene rings is 1. The zero-order valence-electron chi connectivity index (χ0n) is 32.3. The maximum atomic E-state index is 5.46. The molecule has 5 nitrogen and oxygen atoms in total. The molecule has 0 amide bonds. The van der Waals surface area contributed by atoms with E-state index in [0.717, 1.165) is 56.1 Å². The van der Waals surface area contributed by atoms with Gasteiger partial charge >= 0.3 is 0 Å². The SMILES string of the molecule is c1ccc(C2=NC(c3ccc(-c4ccc(-n5c6ccccc6c6sc7c8ccccc8nc(-c8cccc9ccccc89)c7c65)cc4)cc3)=NC(c3ccccc3)N2)cc1. The number of nitrogens with zero attached hydrogens (tertiary/aromatic N) is 4.